The highest BCUT2D eigenvalue weighted by Gasteiger charge is 2.30. The molecule has 1 saturated heterocycles. The van der Waals surface area contributed by atoms with Crippen molar-refractivity contribution in [2.24, 2.45) is 11.7 Å². The molecule has 2 unspecified atom stereocenters. The van der Waals surface area contributed by atoms with E-state index in [1.54, 1.807) is 4.90 Å². The third-order valence-electron chi connectivity index (χ3n) is 3.88. The van der Waals surface area contributed by atoms with Crippen molar-refractivity contribution in [3.63, 3.8) is 0 Å². The van der Waals surface area contributed by atoms with Crippen molar-refractivity contribution in [1.82, 2.24) is 4.90 Å². The molecule has 8 heteroatoms. The average Bonchev–Trinajstić information content (AvgIpc) is 2.46. The summed E-state index contributed by atoms with van der Waals surface area (Å²) in [7, 11) is 0. The first kappa shape index (κ1) is 18.3. The second kappa shape index (κ2) is 7.51. The van der Waals surface area contributed by atoms with Crippen LogP contribution in [0.5, 0.6) is 0 Å². The van der Waals surface area contributed by atoms with Gasteiger partial charge in [0.05, 0.1) is 11.0 Å². The van der Waals surface area contributed by atoms with Gasteiger partial charge in [-0.05, 0) is 37.8 Å². The predicted molar refractivity (Wildman–Crippen MR) is 82.6 cm³/mol. The molecule has 2 atom stereocenters. The Bertz CT molecular complexity index is 568. The zero-order chi connectivity index (χ0) is 15.6. The number of likely N-dealkylation sites (tertiary alicyclic amines) is 1. The molecule has 2 rings (SSSR count). The molecule has 0 radical (unpaired) electrons. The minimum absolute atomic E-state index is 0. The maximum Gasteiger partial charge on any atom is 0.285 e. The number of piperidine rings is 1. The molecule has 2 N–H and O–H groups in total. The highest BCUT2D eigenvalue weighted by Crippen LogP contribution is 2.25. The van der Waals surface area contributed by atoms with Crippen molar-refractivity contribution in [2.45, 2.75) is 25.8 Å². The number of nitrogens with two attached hydrogens (primary N) is 1. The summed E-state index contributed by atoms with van der Waals surface area (Å²) in [6, 6.07) is 2.97. The molecule has 0 spiro atoms. The topological polar surface area (TPSA) is 89.5 Å². The molecule has 0 aromatic heterocycles. The zero-order valence-electron chi connectivity index (χ0n) is 12.2. The van der Waals surface area contributed by atoms with E-state index in [1.165, 1.54) is 6.07 Å². The summed E-state index contributed by atoms with van der Waals surface area (Å²) < 4.78 is 13.1. The number of carbonyl (C=O) groups is 1. The van der Waals surface area contributed by atoms with Gasteiger partial charge in [0.15, 0.2) is 0 Å². The highest BCUT2D eigenvalue weighted by molar-refractivity contribution is 5.98. The molecule has 1 heterocycles. The van der Waals surface area contributed by atoms with E-state index >= 15 is 0 Å². The van der Waals surface area contributed by atoms with Crippen molar-refractivity contribution in [3.8, 4) is 0 Å². The van der Waals surface area contributed by atoms with Crippen LogP contribution in [0.15, 0.2) is 18.2 Å². The van der Waals surface area contributed by atoms with Crippen molar-refractivity contribution in [2.75, 3.05) is 13.1 Å². The Morgan fingerprint density at radius 3 is 2.82 bits per heavy atom. The number of rotatable bonds is 3. The standard InChI is InChI=1S/C14H18FN3O3.ClH/c1-9(16)10-3-2-6-17(8-10)14(19)12-5-4-11(15)7-13(12)18(20)21;/h4-5,7,9-10H,2-3,6,8,16H2,1H3;1H. The van der Waals surface area contributed by atoms with E-state index in [2.05, 4.69) is 0 Å². The fourth-order valence-electron chi connectivity index (χ4n) is 2.63. The molecule has 122 valence electrons. The number of halogens is 2. The fourth-order valence-corrected chi connectivity index (χ4v) is 2.63. The molecule has 1 aromatic carbocycles. The van der Waals surface area contributed by atoms with E-state index in [9.17, 15) is 19.3 Å². The van der Waals surface area contributed by atoms with Gasteiger partial charge in [0.25, 0.3) is 11.6 Å². The number of amides is 1. The van der Waals surface area contributed by atoms with Crippen LogP contribution in [0.4, 0.5) is 10.1 Å². The predicted octanol–water partition coefficient (Wildman–Crippen LogP) is 2.36. The third-order valence-corrected chi connectivity index (χ3v) is 3.88. The van der Waals surface area contributed by atoms with Gasteiger partial charge < -0.3 is 10.6 Å². The quantitative estimate of drug-likeness (QED) is 0.680. The van der Waals surface area contributed by atoms with Crippen LogP contribution in [0.3, 0.4) is 0 Å². The van der Waals surface area contributed by atoms with Crippen LogP contribution in [0, 0.1) is 21.8 Å². The molecule has 1 amide bonds. The Hall–Kier alpha value is -1.73. The molecular formula is C14H19ClFN3O3. The van der Waals surface area contributed by atoms with Gasteiger partial charge in [-0.1, -0.05) is 0 Å². The Morgan fingerprint density at radius 1 is 1.55 bits per heavy atom. The molecular weight excluding hydrogens is 313 g/mol. The first-order chi connectivity index (χ1) is 9.90. The van der Waals surface area contributed by atoms with Gasteiger partial charge in [0.2, 0.25) is 0 Å². The van der Waals surface area contributed by atoms with Gasteiger partial charge >= 0.3 is 0 Å². The van der Waals surface area contributed by atoms with Gasteiger partial charge in [0, 0.05) is 19.1 Å². The number of carbonyl (C=O) groups excluding carboxylic acids is 1. The second-order valence-corrected chi connectivity index (χ2v) is 5.43. The largest absolute Gasteiger partial charge is 0.338 e. The Labute approximate surface area is 134 Å². The van der Waals surface area contributed by atoms with Crippen LogP contribution in [-0.2, 0) is 0 Å². The lowest BCUT2D eigenvalue weighted by molar-refractivity contribution is -0.385. The summed E-state index contributed by atoms with van der Waals surface area (Å²) in [5.41, 5.74) is 5.30. The lowest BCUT2D eigenvalue weighted by Crippen LogP contribution is -2.45. The van der Waals surface area contributed by atoms with E-state index in [0.717, 1.165) is 25.0 Å². The van der Waals surface area contributed by atoms with Crippen molar-refractivity contribution in [3.05, 3.63) is 39.7 Å². The Balaban J connectivity index is 0.00000242. The molecule has 1 aromatic rings. The summed E-state index contributed by atoms with van der Waals surface area (Å²) in [5.74, 6) is -0.986. The van der Waals surface area contributed by atoms with Crippen molar-refractivity contribution >= 4 is 24.0 Å². The van der Waals surface area contributed by atoms with Gasteiger partial charge in [-0.25, -0.2) is 4.39 Å². The third kappa shape index (κ3) is 3.92. The Morgan fingerprint density at radius 2 is 2.23 bits per heavy atom. The molecule has 0 bridgehead atoms. The average molecular weight is 332 g/mol. The summed E-state index contributed by atoms with van der Waals surface area (Å²) in [4.78, 5) is 24.3. The van der Waals surface area contributed by atoms with Crippen molar-refractivity contribution < 1.29 is 14.1 Å². The lowest BCUT2D eigenvalue weighted by atomic mass is 9.92. The molecule has 6 nitrogen and oxygen atoms in total. The SMILES string of the molecule is CC(N)C1CCCN(C(=O)c2ccc(F)cc2[N+](=O)[O-])C1.Cl. The first-order valence-electron chi connectivity index (χ1n) is 6.89. The monoisotopic (exact) mass is 331 g/mol. The Kier molecular flexibility index (Phi) is 6.25. The van der Waals surface area contributed by atoms with Crippen LogP contribution in [0.25, 0.3) is 0 Å². The molecule has 1 aliphatic heterocycles. The number of nitrogens with zero attached hydrogens (tertiary/aromatic N) is 2. The minimum atomic E-state index is -0.733. The highest BCUT2D eigenvalue weighted by atomic mass is 35.5. The van der Waals surface area contributed by atoms with E-state index in [0.29, 0.717) is 13.1 Å². The number of nitro benzene ring substituents is 1. The van der Waals surface area contributed by atoms with Crippen molar-refractivity contribution in [1.29, 1.82) is 0 Å². The summed E-state index contributed by atoms with van der Waals surface area (Å²) >= 11 is 0. The maximum absolute atomic E-state index is 13.1. The molecule has 22 heavy (non-hydrogen) atoms. The maximum atomic E-state index is 13.1. The van der Waals surface area contributed by atoms with Gasteiger partial charge in [-0.2, -0.15) is 0 Å². The smallest absolute Gasteiger partial charge is 0.285 e. The summed E-state index contributed by atoms with van der Waals surface area (Å²) in [6.07, 6.45) is 1.75. The van der Waals surface area contributed by atoms with E-state index < -0.39 is 22.3 Å². The number of hydrogen-bond acceptors (Lipinski definition) is 4. The number of benzene rings is 1. The molecule has 0 saturated carbocycles. The minimum Gasteiger partial charge on any atom is -0.338 e. The van der Waals surface area contributed by atoms with Crippen LogP contribution in [0.1, 0.15) is 30.1 Å². The molecule has 1 fully saturated rings. The number of hydrogen-bond donors (Lipinski definition) is 1. The van der Waals surface area contributed by atoms with Crippen LogP contribution < -0.4 is 5.73 Å². The van der Waals surface area contributed by atoms with E-state index in [1.807, 2.05) is 6.92 Å². The lowest BCUT2D eigenvalue weighted by Gasteiger charge is -2.34. The summed E-state index contributed by atoms with van der Waals surface area (Å²) in [5, 5.41) is 11.0. The van der Waals surface area contributed by atoms with E-state index in [4.69, 9.17) is 5.73 Å². The van der Waals surface area contributed by atoms with Gasteiger partial charge in [-0.15, -0.1) is 12.4 Å². The van der Waals surface area contributed by atoms with Crippen LogP contribution in [0.2, 0.25) is 0 Å². The molecule has 0 aliphatic carbocycles. The van der Waals surface area contributed by atoms with Crippen LogP contribution in [-0.4, -0.2) is 34.9 Å². The number of nitro groups is 1. The zero-order valence-corrected chi connectivity index (χ0v) is 13.0. The second-order valence-electron chi connectivity index (χ2n) is 5.43. The summed E-state index contributed by atoms with van der Waals surface area (Å²) in [6.45, 7) is 2.90. The fraction of sp³-hybridized carbons (Fsp3) is 0.500. The normalized spacial score (nSPS) is 19.2. The first-order valence-corrected chi connectivity index (χ1v) is 6.89. The molecule has 1 aliphatic rings. The van der Waals surface area contributed by atoms with E-state index in [-0.39, 0.29) is 29.9 Å². The van der Waals surface area contributed by atoms with Gasteiger partial charge in [0.1, 0.15) is 11.4 Å². The van der Waals surface area contributed by atoms with Crippen LogP contribution >= 0.6 is 12.4 Å². The van der Waals surface area contributed by atoms with Gasteiger partial charge in [-0.3, -0.25) is 14.9 Å².